The van der Waals surface area contributed by atoms with Gasteiger partial charge in [0.25, 0.3) is 0 Å². The molecular weight excluding hydrogens is 390 g/mol. The summed E-state index contributed by atoms with van der Waals surface area (Å²) in [7, 11) is 0. The molecule has 5 heteroatoms. The van der Waals surface area contributed by atoms with Gasteiger partial charge in [-0.25, -0.2) is 5.43 Å². The molecule has 3 aromatic rings. The van der Waals surface area contributed by atoms with Crippen molar-refractivity contribution in [2.75, 3.05) is 5.75 Å². The molecule has 0 fully saturated rings. The van der Waals surface area contributed by atoms with Crippen molar-refractivity contribution in [3.63, 3.8) is 0 Å². The summed E-state index contributed by atoms with van der Waals surface area (Å²) < 4.78 is 2.22. The van der Waals surface area contributed by atoms with Gasteiger partial charge in [0, 0.05) is 28.4 Å². The molecule has 4 nitrogen and oxygen atoms in total. The van der Waals surface area contributed by atoms with Gasteiger partial charge in [-0.1, -0.05) is 35.9 Å². The summed E-state index contributed by atoms with van der Waals surface area (Å²) in [6.45, 7) is 10.5. The Kier molecular flexibility index (Phi) is 7.16. The van der Waals surface area contributed by atoms with Crippen LogP contribution in [0.25, 0.3) is 5.69 Å². The summed E-state index contributed by atoms with van der Waals surface area (Å²) in [4.78, 5) is 12.1. The number of rotatable bonds is 7. The van der Waals surface area contributed by atoms with Gasteiger partial charge in [-0.05, 0) is 69.5 Å². The Morgan fingerprint density at radius 3 is 2.30 bits per heavy atom. The van der Waals surface area contributed by atoms with Crippen molar-refractivity contribution in [3.8, 4) is 5.69 Å². The van der Waals surface area contributed by atoms with Gasteiger partial charge in [-0.2, -0.15) is 5.10 Å². The standard InChI is InChI=1S/C25H29N3OS/c1-17-6-8-22(9-7-17)15-30-16-25(29)27-26-14-23-13-20(4)28(21(23)5)24-11-18(2)10-19(3)12-24/h6-14H,15-16H2,1-5H3,(H,27,29)/b26-14+. The van der Waals surface area contributed by atoms with Gasteiger partial charge in [-0.15, -0.1) is 11.8 Å². The van der Waals surface area contributed by atoms with Crippen LogP contribution in [0.1, 0.15) is 39.2 Å². The van der Waals surface area contributed by atoms with E-state index in [0.717, 1.165) is 28.4 Å². The van der Waals surface area contributed by atoms with E-state index in [1.807, 2.05) is 0 Å². The molecule has 0 saturated carbocycles. The van der Waals surface area contributed by atoms with Crippen LogP contribution in [-0.4, -0.2) is 22.4 Å². The lowest BCUT2D eigenvalue weighted by Crippen LogP contribution is -2.19. The lowest BCUT2D eigenvalue weighted by molar-refractivity contribution is -0.118. The van der Waals surface area contributed by atoms with E-state index >= 15 is 0 Å². The zero-order valence-electron chi connectivity index (χ0n) is 18.3. The van der Waals surface area contributed by atoms with Gasteiger partial charge < -0.3 is 4.57 Å². The van der Waals surface area contributed by atoms with Crippen molar-refractivity contribution >= 4 is 23.9 Å². The molecule has 0 unspecified atom stereocenters. The molecule has 1 N–H and O–H groups in total. The normalized spacial score (nSPS) is 11.2. The number of amides is 1. The Morgan fingerprint density at radius 2 is 1.63 bits per heavy atom. The van der Waals surface area contributed by atoms with Crippen LogP contribution < -0.4 is 5.43 Å². The van der Waals surface area contributed by atoms with Gasteiger partial charge in [0.05, 0.1) is 12.0 Å². The van der Waals surface area contributed by atoms with Crippen LogP contribution in [0.4, 0.5) is 0 Å². The summed E-state index contributed by atoms with van der Waals surface area (Å²) in [5.74, 6) is 1.10. The van der Waals surface area contributed by atoms with E-state index in [1.54, 1.807) is 18.0 Å². The number of carbonyl (C=O) groups is 1. The minimum Gasteiger partial charge on any atom is -0.318 e. The number of nitrogens with zero attached hydrogens (tertiary/aromatic N) is 2. The fraction of sp³-hybridized carbons (Fsp3) is 0.280. The maximum atomic E-state index is 12.1. The van der Waals surface area contributed by atoms with Gasteiger partial charge in [0.2, 0.25) is 5.91 Å². The van der Waals surface area contributed by atoms with Crippen molar-refractivity contribution in [1.82, 2.24) is 9.99 Å². The zero-order valence-corrected chi connectivity index (χ0v) is 19.1. The quantitative estimate of drug-likeness (QED) is 0.411. The van der Waals surface area contributed by atoms with Gasteiger partial charge >= 0.3 is 0 Å². The van der Waals surface area contributed by atoms with Crippen LogP contribution in [0.3, 0.4) is 0 Å². The van der Waals surface area contributed by atoms with Crippen molar-refractivity contribution in [1.29, 1.82) is 0 Å². The maximum absolute atomic E-state index is 12.1. The molecule has 0 aliphatic heterocycles. The van der Waals surface area contributed by atoms with E-state index in [2.05, 4.69) is 98.2 Å². The lowest BCUT2D eigenvalue weighted by atomic mass is 10.1. The summed E-state index contributed by atoms with van der Waals surface area (Å²) in [5, 5.41) is 4.17. The Bertz CT molecular complexity index is 1040. The predicted octanol–water partition coefficient (Wildman–Crippen LogP) is 5.40. The van der Waals surface area contributed by atoms with Crippen LogP contribution in [0.5, 0.6) is 0 Å². The van der Waals surface area contributed by atoms with Crippen molar-refractivity contribution in [2.45, 2.75) is 40.4 Å². The maximum Gasteiger partial charge on any atom is 0.250 e. The number of benzene rings is 2. The first-order valence-corrected chi connectivity index (χ1v) is 11.2. The number of hydrogen-bond donors (Lipinski definition) is 1. The topological polar surface area (TPSA) is 46.4 Å². The molecule has 1 aromatic heterocycles. The number of carbonyl (C=O) groups excluding carboxylic acids is 1. The average molecular weight is 420 g/mol. The molecular formula is C25H29N3OS. The van der Waals surface area contributed by atoms with Gasteiger partial charge in [-0.3, -0.25) is 4.79 Å². The third-order valence-corrected chi connectivity index (χ3v) is 5.95. The molecule has 156 valence electrons. The number of aromatic nitrogens is 1. The largest absolute Gasteiger partial charge is 0.318 e. The molecule has 1 amide bonds. The number of hydrogen-bond acceptors (Lipinski definition) is 3. The van der Waals surface area contributed by atoms with E-state index in [4.69, 9.17) is 0 Å². The fourth-order valence-electron chi connectivity index (χ4n) is 3.55. The molecule has 2 aromatic carbocycles. The zero-order chi connectivity index (χ0) is 21.7. The summed E-state index contributed by atoms with van der Waals surface area (Å²) >= 11 is 1.59. The summed E-state index contributed by atoms with van der Waals surface area (Å²) in [6, 6.07) is 17.0. The van der Waals surface area contributed by atoms with Crippen LogP contribution in [0, 0.1) is 34.6 Å². The second-order valence-electron chi connectivity index (χ2n) is 7.78. The minimum absolute atomic E-state index is 0.0912. The first kappa shape index (κ1) is 21.9. The lowest BCUT2D eigenvalue weighted by Gasteiger charge is -2.11. The molecule has 0 spiro atoms. The highest BCUT2D eigenvalue weighted by Crippen LogP contribution is 2.22. The van der Waals surface area contributed by atoms with Crippen molar-refractivity contribution < 1.29 is 4.79 Å². The Balaban J connectivity index is 1.58. The van der Waals surface area contributed by atoms with Gasteiger partial charge in [0.1, 0.15) is 0 Å². The van der Waals surface area contributed by atoms with Crippen molar-refractivity contribution in [2.24, 2.45) is 5.10 Å². The second-order valence-corrected chi connectivity index (χ2v) is 8.76. The number of aryl methyl sites for hydroxylation is 4. The fourth-order valence-corrected chi connectivity index (χ4v) is 4.33. The molecule has 1 heterocycles. The first-order chi connectivity index (χ1) is 14.3. The SMILES string of the molecule is Cc1ccc(CSCC(=O)N/N=C/c2cc(C)n(-c3cc(C)cc(C)c3)c2C)cc1. The first-order valence-electron chi connectivity index (χ1n) is 10.1. The van der Waals surface area contributed by atoms with E-state index < -0.39 is 0 Å². The number of thioether (sulfide) groups is 1. The smallest absolute Gasteiger partial charge is 0.250 e. The molecule has 0 radical (unpaired) electrons. The van der Waals surface area contributed by atoms with E-state index in [9.17, 15) is 4.79 Å². The molecule has 30 heavy (non-hydrogen) atoms. The van der Waals surface area contributed by atoms with E-state index in [0.29, 0.717) is 5.75 Å². The van der Waals surface area contributed by atoms with E-state index in [-0.39, 0.29) is 5.91 Å². The Labute approximate surface area is 183 Å². The van der Waals surface area contributed by atoms with Crippen molar-refractivity contribution in [3.05, 3.63) is 87.7 Å². The highest BCUT2D eigenvalue weighted by molar-refractivity contribution is 7.99. The third-order valence-electron chi connectivity index (χ3n) is 4.95. The van der Waals surface area contributed by atoms with Crippen LogP contribution in [0.2, 0.25) is 0 Å². The van der Waals surface area contributed by atoms with Crippen LogP contribution >= 0.6 is 11.8 Å². The molecule has 0 bridgehead atoms. The number of nitrogens with one attached hydrogen (secondary N) is 1. The highest BCUT2D eigenvalue weighted by Gasteiger charge is 2.10. The Hall–Kier alpha value is -2.79. The summed E-state index contributed by atoms with van der Waals surface area (Å²) in [5.41, 5.74) is 12.0. The number of hydrazone groups is 1. The molecule has 0 atom stereocenters. The predicted molar refractivity (Wildman–Crippen MR) is 128 cm³/mol. The second kappa shape index (κ2) is 9.81. The summed E-state index contributed by atoms with van der Waals surface area (Å²) in [6.07, 6.45) is 1.73. The highest BCUT2D eigenvalue weighted by atomic mass is 32.2. The third kappa shape index (κ3) is 5.63. The molecule has 0 aliphatic rings. The Morgan fingerprint density at radius 1 is 0.967 bits per heavy atom. The van der Waals surface area contributed by atoms with E-state index in [1.165, 1.54) is 22.3 Å². The molecule has 0 aliphatic carbocycles. The molecule has 3 rings (SSSR count). The average Bonchev–Trinajstić information content (AvgIpc) is 2.96. The van der Waals surface area contributed by atoms with Crippen LogP contribution in [0.15, 0.2) is 53.6 Å². The minimum atomic E-state index is -0.0912. The van der Waals surface area contributed by atoms with Crippen LogP contribution in [-0.2, 0) is 10.5 Å². The van der Waals surface area contributed by atoms with Gasteiger partial charge in [0.15, 0.2) is 0 Å². The monoisotopic (exact) mass is 419 g/mol. The molecule has 0 saturated heterocycles.